The second kappa shape index (κ2) is 5.36. The molecule has 1 unspecified atom stereocenters. The standard InChI is InChI=1S/C7H12F3NOS/c1-3-5(4-13-2)11-6(12)7(8,9)10/h5H,3-4H2,1-2H3,(H,11,12). The molecule has 0 aromatic rings. The zero-order valence-electron chi connectivity index (χ0n) is 7.44. The molecular weight excluding hydrogens is 203 g/mol. The summed E-state index contributed by atoms with van der Waals surface area (Å²) in [4.78, 5) is 10.5. The van der Waals surface area contributed by atoms with Gasteiger partial charge in [-0.05, 0) is 12.7 Å². The monoisotopic (exact) mass is 215 g/mol. The fraction of sp³-hybridized carbons (Fsp3) is 0.857. The van der Waals surface area contributed by atoms with Gasteiger partial charge in [0.15, 0.2) is 0 Å². The lowest BCUT2D eigenvalue weighted by Gasteiger charge is -2.16. The summed E-state index contributed by atoms with van der Waals surface area (Å²) in [6.45, 7) is 1.73. The second-order valence-electron chi connectivity index (χ2n) is 2.53. The molecule has 1 amide bonds. The van der Waals surface area contributed by atoms with E-state index >= 15 is 0 Å². The van der Waals surface area contributed by atoms with Crippen molar-refractivity contribution < 1.29 is 18.0 Å². The van der Waals surface area contributed by atoms with E-state index in [0.717, 1.165) is 0 Å². The third kappa shape index (κ3) is 5.02. The predicted molar refractivity (Wildman–Crippen MR) is 46.7 cm³/mol. The molecule has 1 N–H and O–H groups in total. The molecule has 0 aliphatic heterocycles. The molecule has 13 heavy (non-hydrogen) atoms. The summed E-state index contributed by atoms with van der Waals surface area (Å²) in [5.41, 5.74) is 0. The molecule has 0 fully saturated rings. The van der Waals surface area contributed by atoms with Crippen LogP contribution in [0.5, 0.6) is 0 Å². The summed E-state index contributed by atoms with van der Waals surface area (Å²) in [5, 5.41) is 1.92. The Balaban J connectivity index is 4.01. The molecule has 0 aromatic carbocycles. The smallest absolute Gasteiger partial charge is 0.345 e. The maximum absolute atomic E-state index is 11.8. The highest BCUT2D eigenvalue weighted by Gasteiger charge is 2.39. The summed E-state index contributed by atoms with van der Waals surface area (Å²) in [5.74, 6) is -1.35. The third-order valence-electron chi connectivity index (χ3n) is 1.45. The number of halogens is 3. The summed E-state index contributed by atoms with van der Waals surface area (Å²) in [7, 11) is 0. The van der Waals surface area contributed by atoms with Gasteiger partial charge in [0.2, 0.25) is 0 Å². The molecule has 0 bridgehead atoms. The molecule has 1 atom stereocenters. The molecule has 0 heterocycles. The average Bonchev–Trinajstić information content (AvgIpc) is 2.01. The number of hydrogen-bond donors (Lipinski definition) is 1. The first-order valence-corrected chi connectivity index (χ1v) is 5.17. The van der Waals surface area contributed by atoms with Gasteiger partial charge in [-0.15, -0.1) is 0 Å². The Morgan fingerprint density at radius 2 is 2.08 bits per heavy atom. The number of thioether (sulfide) groups is 1. The molecule has 6 heteroatoms. The average molecular weight is 215 g/mol. The van der Waals surface area contributed by atoms with E-state index < -0.39 is 18.1 Å². The van der Waals surface area contributed by atoms with Crippen molar-refractivity contribution >= 4 is 17.7 Å². The van der Waals surface area contributed by atoms with E-state index in [1.807, 2.05) is 5.32 Å². The molecule has 0 rings (SSSR count). The molecule has 0 aromatic heterocycles. The van der Waals surface area contributed by atoms with Crippen LogP contribution < -0.4 is 5.32 Å². The fourth-order valence-electron chi connectivity index (χ4n) is 0.730. The van der Waals surface area contributed by atoms with E-state index in [9.17, 15) is 18.0 Å². The minimum Gasteiger partial charge on any atom is -0.345 e. The molecule has 0 saturated carbocycles. The van der Waals surface area contributed by atoms with Crippen molar-refractivity contribution in [2.75, 3.05) is 12.0 Å². The van der Waals surface area contributed by atoms with Crippen LogP contribution in [0, 0.1) is 0 Å². The highest BCUT2D eigenvalue weighted by molar-refractivity contribution is 7.98. The van der Waals surface area contributed by atoms with Crippen LogP contribution in [0.2, 0.25) is 0 Å². The van der Waals surface area contributed by atoms with E-state index in [4.69, 9.17) is 0 Å². The Morgan fingerprint density at radius 1 is 1.54 bits per heavy atom. The number of carbonyl (C=O) groups excluding carboxylic acids is 1. The van der Waals surface area contributed by atoms with Gasteiger partial charge in [-0.25, -0.2) is 0 Å². The van der Waals surface area contributed by atoms with Crippen molar-refractivity contribution in [1.29, 1.82) is 0 Å². The van der Waals surface area contributed by atoms with E-state index in [0.29, 0.717) is 12.2 Å². The predicted octanol–water partition coefficient (Wildman–Crippen LogP) is 1.81. The zero-order chi connectivity index (χ0) is 10.5. The van der Waals surface area contributed by atoms with Crippen LogP contribution in [-0.2, 0) is 4.79 Å². The number of nitrogens with one attached hydrogen (secondary N) is 1. The first-order chi connectivity index (χ1) is 5.91. The number of alkyl halides is 3. The Bertz CT molecular complexity index is 172. The first kappa shape index (κ1) is 12.6. The Morgan fingerprint density at radius 3 is 2.38 bits per heavy atom. The number of hydrogen-bond acceptors (Lipinski definition) is 2. The van der Waals surface area contributed by atoms with Gasteiger partial charge in [0.05, 0.1) is 0 Å². The lowest BCUT2D eigenvalue weighted by atomic mass is 10.2. The quantitative estimate of drug-likeness (QED) is 0.774. The van der Waals surface area contributed by atoms with Gasteiger partial charge in [0.25, 0.3) is 0 Å². The van der Waals surface area contributed by atoms with Gasteiger partial charge in [0, 0.05) is 11.8 Å². The van der Waals surface area contributed by atoms with Gasteiger partial charge < -0.3 is 5.32 Å². The van der Waals surface area contributed by atoms with E-state index in [2.05, 4.69) is 0 Å². The molecule has 0 radical (unpaired) electrons. The molecule has 0 spiro atoms. The van der Waals surface area contributed by atoms with Gasteiger partial charge in [-0.2, -0.15) is 24.9 Å². The van der Waals surface area contributed by atoms with Crippen molar-refractivity contribution in [2.24, 2.45) is 0 Å². The minimum atomic E-state index is -4.77. The van der Waals surface area contributed by atoms with Crippen LogP contribution in [0.25, 0.3) is 0 Å². The van der Waals surface area contributed by atoms with Gasteiger partial charge in [-0.3, -0.25) is 4.79 Å². The van der Waals surface area contributed by atoms with Crippen LogP contribution in [0.3, 0.4) is 0 Å². The minimum absolute atomic E-state index is 0.399. The van der Waals surface area contributed by atoms with E-state index in [1.54, 1.807) is 13.2 Å². The SMILES string of the molecule is CCC(CSC)NC(=O)C(F)(F)F. The van der Waals surface area contributed by atoms with Crippen molar-refractivity contribution in [2.45, 2.75) is 25.6 Å². The van der Waals surface area contributed by atoms with Gasteiger partial charge >= 0.3 is 12.1 Å². The summed E-state index contributed by atoms with van der Waals surface area (Å²) in [6, 6.07) is -0.399. The molecular formula is C7H12F3NOS. The van der Waals surface area contributed by atoms with Crippen LogP contribution >= 0.6 is 11.8 Å². The number of amides is 1. The van der Waals surface area contributed by atoms with Crippen LogP contribution in [-0.4, -0.2) is 30.1 Å². The maximum Gasteiger partial charge on any atom is 0.471 e. The van der Waals surface area contributed by atoms with Crippen molar-refractivity contribution in [1.82, 2.24) is 5.32 Å². The Labute approximate surface area is 79.3 Å². The van der Waals surface area contributed by atoms with Crippen molar-refractivity contribution in [3.63, 3.8) is 0 Å². The lowest BCUT2D eigenvalue weighted by molar-refractivity contribution is -0.174. The van der Waals surface area contributed by atoms with Crippen LogP contribution in [0.4, 0.5) is 13.2 Å². The molecule has 78 valence electrons. The van der Waals surface area contributed by atoms with Crippen LogP contribution in [0.15, 0.2) is 0 Å². The van der Waals surface area contributed by atoms with E-state index in [1.165, 1.54) is 11.8 Å². The lowest BCUT2D eigenvalue weighted by Crippen LogP contribution is -2.43. The topological polar surface area (TPSA) is 29.1 Å². The maximum atomic E-state index is 11.8. The normalized spacial score (nSPS) is 13.9. The Hall–Kier alpha value is -0.390. The zero-order valence-corrected chi connectivity index (χ0v) is 8.26. The number of rotatable bonds is 4. The van der Waals surface area contributed by atoms with Crippen LogP contribution in [0.1, 0.15) is 13.3 Å². The van der Waals surface area contributed by atoms with Gasteiger partial charge in [-0.1, -0.05) is 6.92 Å². The highest BCUT2D eigenvalue weighted by Crippen LogP contribution is 2.15. The molecule has 2 nitrogen and oxygen atoms in total. The number of carbonyl (C=O) groups is 1. The van der Waals surface area contributed by atoms with Gasteiger partial charge in [0.1, 0.15) is 0 Å². The highest BCUT2D eigenvalue weighted by atomic mass is 32.2. The second-order valence-corrected chi connectivity index (χ2v) is 3.44. The largest absolute Gasteiger partial charge is 0.471 e. The van der Waals surface area contributed by atoms with E-state index in [-0.39, 0.29) is 0 Å². The third-order valence-corrected chi connectivity index (χ3v) is 2.19. The molecule has 0 aliphatic carbocycles. The summed E-state index contributed by atoms with van der Waals surface area (Å²) < 4.78 is 35.3. The molecule has 0 aliphatic rings. The summed E-state index contributed by atoms with van der Waals surface area (Å²) >= 11 is 1.40. The fourth-order valence-corrected chi connectivity index (χ4v) is 1.45. The molecule has 0 saturated heterocycles. The van der Waals surface area contributed by atoms with Crippen molar-refractivity contribution in [3.05, 3.63) is 0 Å². The Kier molecular flexibility index (Phi) is 5.20. The summed E-state index contributed by atoms with van der Waals surface area (Å²) in [6.07, 6.45) is -2.49. The first-order valence-electron chi connectivity index (χ1n) is 3.78. The van der Waals surface area contributed by atoms with Crippen molar-refractivity contribution in [3.8, 4) is 0 Å².